The van der Waals surface area contributed by atoms with Gasteiger partial charge >= 0.3 is 0 Å². The Morgan fingerprint density at radius 1 is 1.43 bits per heavy atom. The van der Waals surface area contributed by atoms with E-state index in [-0.39, 0.29) is 11.5 Å². The number of carbonyl (C=O) groups is 1. The fourth-order valence-electron chi connectivity index (χ4n) is 2.09. The van der Waals surface area contributed by atoms with Gasteiger partial charge in [0.2, 0.25) is 0 Å². The van der Waals surface area contributed by atoms with E-state index in [1.54, 1.807) is 6.08 Å². The molecule has 0 spiro atoms. The molecule has 0 atom stereocenters. The highest BCUT2D eigenvalue weighted by atomic mass is 16.1. The highest BCUT2D eigenvalue weighted by molar-refractivity contribution is 6.03. The van der Waals surface area contributed by atoms with Gasteiger partial charge in [0.25, 0.3) is 5.91 Å². The molecule has 4 nitrogen and oxygen atoms in total. The highest BCUT2D eigenvalue weighted by Crippen LogP contribution is 2.20. The number of rotatable bonds is 5. The monoisotopic (exact) mass is 281 g/mol. The second kappa shape index (κ2) is 6.76. The van der Waals surface area contributed by atoms with Gasteiger partial charge < -0.3 is 10.3 Å². The van der Waals surface area contributed by atoms with Crippen molar-refractivity contribution in [2.45, 2.75) is 20.3 Å². The lowest BCUT2D eigenvalue weighted by Crippen LogP contribution is -2.26. The van der Waals surface area contributed by atoms with Crippen molar-refractivity contribution in [2.24, 2.45) is 5.92 Å². The number of amides is 1. The molecule has 0 aliphatic carbocycles. The summed E-state index contributed by atoms with van der Waals surface area (Å²) >= 11 is 0. The Balaban J connectivity index is 2.17. The van der Waals surface area contributed by atoms with Gasteiger partial charge in [-0.3, -0.25) is 4.79 Å². The summed E-state index contributed by atoms with van der Waals surface area (Å²) < 4.78 is 0. The van der Waals surface area contributed by atoms with Crippen LogP contribution in [0.25, 0.3) is 17.0 Å². The van der Waals surface area contributed by atoms with Crippen molar-refractivity contribution in [3.05, 3.63) is 41.6 Å². The molecule has 0 saturated heterocycles. The number of nitriles is 1. The molecule has 2 aromatic rings. The smallest absolute Gasteiger partial charge is 0.261 e. The summed E-state index contributed by atoms with van der Waals surface area (Å²) in [6.45, 7) is 4.78. The first-order valence-corrected chi connectivity index (χ1v) is 7.08. The number of nitrogens with zero attached hydrogens (tertiary/aromatic N) is 1. The Labute approximate surface area is 124 Å². The molecule has 2 rings (SSSR count). The molecular formula is C17H19N3O. The number of hydrogen-bond donors (Lipinski definition) is 2. The maximum atomic E-state index is 12.0. The Kier molecular flexibility index (Phi) is 4.78. The van der Waals surface area contributed by atoms with Gasteiger partial charge in [-0.2, -0.15) is 5.26 Å². The molecule has 1 aromatic heterocycles. The normalized spacial score (nSPS) is 11.6. The molecule has 0 unspecified atom stereocenters. The topological polar surface area (TPSA) is 68.7 Å². The first-order chi connectivity index (χ1) is 10.1. The Bertz CT molecular complexity index is 704. The number of H-pyrrole nitrogens is 1. The van der Waals surface area contributed by atoms with Crippen LogP contribution in [0, 0.1) is 17.2 Å². The zero-order chi connectivity index (χ0) is 15.2. The second-order valence-corrected chi connectivity index (χ2v) is 5.40. The third-order valence-corrected chi connectivity index (χ3v) is 3.29. The lowest BCUT2D eigenvalue weighted by atomic mass is 10.1. The van der Waals surface area contributed by atoms with Crippen molar-refractivity contribution >= 4 is 22.9 Å². The van der Waals surface area contributed by atoms with Gasteiger partial charge in [0, 0.05) is 29.2 Å². The van der Waals surface area contributed by atoms with E-state index in [4.69, 9.17) is 0 Å². The van der Waals surface area contributed by atoms with Gasteiger partial charge in [-0.15, -0.1) is 0 Å². The predicted octanol–water partition coefficient (Wildman–Crippen LogP) is 3.24. The van der Waals surface area contributed by atoms with Gasteiger partial charge in [0.05, 0.1) is 0 Å². The molecule has 108 valence electrons. The molecule has 0 bridgehead atoms. The Morgan fingerprint density at radius 3 is 2.90 bits per heavy atom. The largest absolute Gasteiger partial charge is 0.361 e. The molecule has 2 N–H and O–H groups in total. The van der Waals surface area contributed by atoms with Crippen molar-refractivity contribution in [3.63, 3.8) is 0 Å². The summed E-state index contributed by atoms with van der Waals surface area (Å²) in [5.74, 6) is 0.205. The van der Waals surface area contributed by atoms with Crippen LogP contribution in [-0.2, 0) is 4.79 Å². The van der Waals surface area contributed by atoms with Gasteiger partial charge in [0.1, 0.15) is 11.6 Å². The minimum absolute atomic E-state index is 0.128. The number of aromatic nitrogens is 1. The van der Waals surface area contributed by atoms with Crippen LogP contribution in [0.15, 0.2) is 36.0 Å². The van der Waals surface area contributed by atoms with Gasteiger partial charge in [0.15, 0.2) is 0 Å². The number of aromatic amines is 1. The van der Waals surface area contributed by atoms with Crippen LogP contribution in [-0.4, -0.2) is 17.4 Å². The van der Waals surface area contributed by atoms with Crippen LogP contribution in [0.4, 0.5) is 0 Å². The summed E-state index contributed by atoms with van der Waals surface area (Å²) in [4.78, 5) is 15.1. The average molecular weight is 281 g/mol. The summed E-state index contributed by atoms with van der Waals surface area (Å²) in [6, 6.07) is 9.77. The van der Waals surface area contributed by atoms with E-state index in [0.717, 1.165) is 22.9 Å². The summed E-state index contributed by atoms with van der Waals surface area (Å²) in [5.41, 5.74) is 1.96. The fraction of sp³-hybridized carbons (Fsp3) is 0.294. The van der Waals surface area contributed by atoms with Gasteiger partial charge in [-0.1, -0.05) is 32.0 Å². The highest BCUT2D eigenvalue weighted by Gasteiger charge is 2.10. The first kappa shape index (κ1) is 14.9. The third-order valence-electron chi connectivity index (χ3n) is 3.29. The molecule has 1 heterocycles. The van der Waals surface area contributed by atoms with E-state index in [9.17, 15) is 10.1 Å². The maximum Gasteiger partial charge on any atom is 0.261 e. The Hall–Kier alpha value is -2.54. The molecule has 0 aliphatic rings. The number of nitrogens with one attached hydrogen (secondary N) is 2. The zero-order valence-electron chi connectivity index (χ0n) is 12.3. The molecule has 0 fully saturated rings. The van der Waals surface area contributed by atoms with Crippen molar-refractivity contribution in [3.8, 4) is 6.07 Å². The fourth-order valence-corrected chi connectivity index (χ4v) is 2.09. The summed E-state index contributed by atoms with van der Waals surface area (Å²) in [5, 5.41) is 13.0. The van der Waals surface area contributed by atoms with E-state index in [1.807, 2.05) is 36.5 Å². The number of carbonyl (C=O) groups excluding carboxylic acids is 1. The predicted molar refractivity (Wildman–Crippen MR) is 84.4 cm³/mol. The SMILES string of the molecule is CC(C)CCNC(=O)/C(C#N)=C/c1c[nH]c2ccccc12. The quantitative estimate of drug-likeness (QED) is 0.652. The Morgan fingerprint density at radius 2 is 2.19 bits per heavy atom. The van der Waals surface area contributed by atoms with Gasteiger partial charge in [-0.05, 0) is 24.5 Å². The minimum Gasteiger partial charge on any atom is -0.361 e. The molecule has 21 heavy (non-hydrogen) atoms. The third kappa shape index (κ3) is 3.73. The maximum absolute atomic E-state index is 12.0. The number of hydrogen-bond acceptors (Lipinski definition) is 2. The lowest BCUT2D eigenvalue weighted by molar-refractivity contribution is -0.117. The number of para-hydroxylation sites is 1. The van der Waals surface area contributed by atoms with E-state index < -0.39 is 0 Å². The molecule has 1 amide bonds. The van der Waals surface area contributed by atoms with Gasteiger partial charge in [-0.25, -0.2) is 0 Å². The second-order valence-electron chi connectivity index (χ2n) is 5.40. The molecule has 0 radical (unpaired) electrons. The van der Waals surface area contributed by atoms with E-state index in [2.05, 4.69) is 24.1 Å². The molecule has 0 aliphatic heterocycles. The molecule has 1 aromatic carbocycles. The van der Waals surface area contributed by atoms with Crippen molar-refractivity contribution in [1.29, 1.82) is 5.26 Å². The molecule has 0 saturated carbocycles. The van der Waals surface area contributed by atoms with Crippen LogP contribution in [0.5, 0.6) is 0 Å². The van der Waals surface area contributed by atoms with E-state index in [0.29, 0.717) is 12.5 Å². The number of benzene rings is 1. The average Bonchev–Trinajstić information content (AvgIpc) is 2.87. The van der Waals surface area contributed by atoms with E-state index >= 15 is 0 Å². The van der Waals surface area contributed by atoms with Crippen LogP contribution in [0.2, 0.25) is 0 Å². The minimum atomic E-state index is -0.316. The van der Waals surface area contributed by atoms with Crippen LogP contribution >= 0.6 is 0 Å². The lowest BCUT2D eigenvalue weighted by Gasteiger charge is -2.06. The molecule has 4 heteroatoms. The van der Waals surface area contributed by atoms with Crippen molar-refractivity contribution < 1.29 is 4.79 Å². The van der Waals surface area contributed by atoms with E-state index in [1.165, 1.54) is 0 Å². The molecular weight excluding hydrogens is 262 g/mol. The van der Waals surface area contributed by atoms with Crippen molar-refractivity contribution in [1.82, 2.24) is 10.3 Å². The first-order valence-electron chi connectivity index (χ1n) is 7.08. The van der Waals surface area contributed by atoms with Crippen LogP contribution in [0.1, 0.15) is 25.8 Å². The van der Waals surface area contributed by atoms with Crippen LogP contribution in [0.3, 0.4) is 0 Å². The number of fused-ring (bicyclic) bond motifs is 1. The zero-order valence-corrected chi connectivity index (χ0v) is 12.3. The van der Waals surface area contributed by atoms with Crippen LogP contribution < -0.4 is 5.32 Å². The van der Waals surface area contributed by atoms with Crippen molar-refractivity contribution in [2.75, 3.05) is 6.54 Å². The standard InChI is InChI=1S/C17H19N3O/c1-12(2)7-8-19-17(21)13(10-18)9-14-11-20-16-6-4-3-5-15(14)16/h3-6,9,11-12,20H,7-8H2,1-2H3,(H,19,21)/b13-9+. The summed E-state index contributed by atoms with van der Waals surface area (Å²) in [6.07, 6.45) is 4.34. The summed E-state index contributed by atoms with van der Waals surface area (Å²) in [7, 11) is 0.